The summed E-state index contributed by atoms with van der Waals surface area (Å²) < 4.78 is 5.41. The van der Waals surface area contributed by atoms with Crippen LogP contribution in [0.4, 0.5) is 22.7 Å². The Labute approximate surface area is 133 Å². The molecule has 7 heteroatoms. The number of fused-ring (bicyclic) bond motifs is 2. The van der Waals surface area contributed by atoms with Crippen LogP contribution in [0.15, 0.2) is 73.5 Å². The lowest BCUT2D eigenvalue weighted by molar-refractivity contribution is 0.398. The summed E-state index contributed by atoms with van der Waals surface area (Å²) in [6.45, 7) is 0. The van der Waals surface area contributed by atoms with Crippen LogP contribution < -0.4 is 31.9 Å². The number of hydrazine groups is 4. The van der Waals surface area contributed by atoms with E-state index in [0.29, 0.717) is 0 Å². The zero-order chi connectivity index (χ0) is 15.5. The first kappa shape index (κ1) is 13.5. The zero-order valence-electron chi connectivity index (χ0n) is 12.2. The lowest BCUT2D eigenvalue weighted by atomic mass is 10.3. The van der Waals surface area contributed by atoms with Crippen molar-refractivity contribution in [3.63, 3.8) is 0 Å². The summed E-state index contributed by atoms with van der Waals surface area (Å²) in [4.78, 5) is 0. The molecule has 0 saturated heterocycles. The molecule has 0 unspecified atom stereocenters. The Hall–Kier alpha value is -3.16. The maximum absolute atomic E-state index is 5.41. The van der Waals surface area contributed by atoms with Crippen LogP contribution in [0.3, 0.4) is 0 Å². The lowest BCUT2D eigenvalue weighted by Gasteiger charge is -2.12. The van der Waals surface area contributed by atoms with Gasteiger partial charge < -0.3 is 15.6 Å². The van der Waals surface area contributed by atoms with Gasteiger partial charge in [0.2, 0.25) is 0 Å². The second-order valence-electron chi connectivity index (χ2n) is 4.95. The molecule has 23 heavy (non-hydrogen) atoms. The normalized spacial score (nSPS) is 15.7. The second-order valence-corrected chi connectivity index (χ2v) is 4.95. The van der Waals surface area contributed by atoms with Crippen molar-refractivity contribution in [3.8, 4) is 0 Å². The maximum atomic E-state index is 5.41. The molecule has 7 nitrogen and oxygen atoms in total. The Bertz CT molecular complexity index is 696. The van der Waals surface area contributed by atoms with Gasteiger partial charge in [-0.3, -0.25) is 10.0 Å². The van der Waals surface area contributed by atoms with Crippen molar-refractivity contribution in [2.24, 2.45) is 0 Å². The van der Waals surface area contributed by atoms with Crippen molar-refractivity contribution in [1.29, 1.82) is 0 Å². The Morgan fingerprint density at radius 3 is 1.70 bits per heavy atom. The average molecular weight is 308 g/mol. The standard InChI is InChI=1S/C16H16N6O/c1-3-7-15-13(5-1)17-19-21(15)9-11-23-12-10-22-16-8-4-2-6-14(16)18-20-22/h1-12,17-20H. The van der Waals surface area contributed by atoms with Crippen LogP contribution in [0.5, 0.6) is 0 Å². The lowest BCUT2D eigenvalue weighted by Crippen LogP contribution is -2.31. The molecule has 2 aliphatic rings. The highest BCUT2D eigenvalue weighted by atomic mass is 16.5. The second kappa shape index (κ2) is 5.91. The van der Waals surface area contributed by atoms with Crippen LogP contribution in [-0.2, 0) is 4.74 Å². The summed E-state index contributed by atoms with van der Waals surface area (Å²) >= 11 is 0. The van der Waals surface area contributed by atoms with Crippen molar-refractivity contribution < 1.29 is 4.74 Å². The summed E-state index contributed by atoms with van der Waals surface area (Å²) in [7, 11) is 0. The van der Waals surface area contributed by atoms with Crippen LogP contribution in [0.1, 0.15) is 0 Å². The molecule has 2 aliphatic heterocycles. The highest BCUT2D eigenvalue weighted by Gasteiger charge is 2.15. The van der Waals surface area contributed by atoms with Crippen molar-refractivity contribution in [3.05, 3.63) is 73.5 Å². The third-order valence-corrected chi connectivity index (χ3v) is 3.53. The Morgan fingerprint density at radius 2 is 1.17 bits per heavy atom. The number of hydrogen-bond acceptors (Lipinski definition) is 7. The first-order chi connectivity index (χ1) is 11.4. The molecule has 0 aliphatic carbocycles. The van der Waals surface area contributed by atoms with E-state index < -0.39 is 0 Å². The fourth-order valence-corrected chi connectivity index (χ4v) is 2.41. The van der Waals surface area contributed by atoms with Gasteiger partial charge in [-0.25, -0.2) is 0 Å². The van der Waals surface area contributed by atoms with Crippen molar-refractivity contribution >= 4 is 22.7 Å². The van der Waals surface area contributed by atoms with Crippen LogP contribution in [0.2, 0.25) is 0 Å². The van der Waals surface area contributed by atoms with Crippen LogP contribution in [0, 0.1) is 0 Å². The molecule has 0 aromatic heterocycles. The Kier molecular flexibility index (Phi) is 3.47. The number of para-hydroxylation sites is 4. The molecule has 2 aromatic rings. The summed E-state index contributed by atoms with van der Waals surface area (Å²) in [5.74, 6) is 0. The van der Waals surface area contributed by atoms with Crippen molar-refractivity contribution in [2.75, 3.05) is 20.9 Å². The van der Waals surface area contributed by atoms with Gasteiger partial charge in [0.1, 0.15) is 12.5 Å². The average Bonchev–Trinajstić information content (AvgIpc) is 3.19. The summed E-state index contributed by atoms with van der Waals surface area (Å²) in [5.41, 5.74) is 16.3. The number of nitrogens with zero attached hydrogens (tertiary/aromatic N) is 2. The van der Waals surface area contributed by atoms with Crippen LogP contribution >= 0.6 is 0 Å². The van der Waals surface area contributed by atoms with E-state index in [1.165, 1.54) is 0 Å². The van der Waals surface area contributed by atoms with E-state index in [9.17, 15) is 0 Å². The van der Waals surface area contributed by atoms with Crippen LogP contribution in [-0.4, -0.2) is 0 Å². The van der Waals surface area contributed by atoms with Crippen LogP contribution in [0.25, 0.3) is 0 Å². The fourth-order valence-electron chi connectivity index (χ4n) is 2.41. The Balaban J connectivity index is 1.34. The molecule has 0 fully saturated rings. The van der Waals surface area contributed by atoms with Gasteiger partial charge >= 0.3 is 0 Å². The number of nitrogens with one attached hydrogen (secondary N) is 4. The van der Waals surface area contributed by atoms with E-state index >= 15 is 0 Å². The first-order valence-corrected chi connectivity index (χ1v) is 7.20. The van der Waals surface area contributed by atoms with E-state index in [4.69, 9.17) is 4.74 Å². The van der Waals surface area contributed by atoms with Gasteiger partial charge in [-0.05, 0) is 24.3 Å². The molecule has 0 amide bonds. The fraction of sp³-hybridized carbons (Fsp3) is 0. The summed E-state index contributed by atoms with van der Waals surface area (Å²) in [5, 5.41) is 3.68. The highest BCUT2D eigenvalue weighted by Crippen LogP contribution is 2.29. The van der Waals surface area contributed by atoms with Gasteiger partial charge in [0.05, 0.1) is 35.1 Å². The number of ether oxygens (including phenoxy) is 1. The monoisotopic (exact) mass is 308 g/mol. The minimum atomic E-state index is 1.02. The smallest absolute Gasteiger partial charge is 0.108 e. The molecule has 2 aromatic carbocycles. The number of benzene rings is 2. The quantitative estimate of drug-likeness (QED) is 0.648. The summed E-state index contributed by atoms with van der Waals surface area (Å²) in [6, 6.07) is 16.0. The number of rotatable bonds is 4. The van der Waals surface area contributed by atoms with E-state index in [1.807, 2.05) is 58.5 Å². The molecule has 0 saturated carbocycles. The highest BCUT2D eigenvalue weighted by molar-refractivity contribution is 5.74. The van der Waals surface area contributed by atoms with Crippen molar-refractivity contribution in [2.45, 2.75) is 0 Å². The number of anilines is 4. The first-order valence-electron chi connectivity index (χ1n) is 7.20. The summed E-state index contributed by atoms with van der Waals surface area (Å²) in [6.07, 6.45) is 6.80. The molecular weight excluding hydrogens is 292 g/mol. The van der Waals surface area contributed by atoms with Gasteiger partial charge in [0, 0.05) is 0 Å². The SMILES string of the molecule is C(=CN1NNc2ccccc21)OC=CN1NNc2ccccc21. The van der Waals surface area contributed by atoms with Crippen molar-refractivity contribution in [1.82, 2.24) is 11.1 Å². The topological polar surface area (TPSA) is 63.8 Å². The molecule has 2 heterocycles. The zero-order valence-corrected chi connectivity index (χ0v) is 12.2. The van der Waals surface area contributed by atoms with E-state index in [1.54, 1.807) is 24.9 Å². The minimum Gasteiger partial charge on any atom is -0.469 e. The third-order valence-electron chi connectivity index (χ3n) is 3.53. The van der Waals surface area contributed by atoms with Gasteiger partial charge in [-0.1, -0.05) is 24.3 Å². The van der Waals surface area contributed by atoms with E-state index in [0.717, 1.165) is 22.7 Å². The van der Waals surface area contributed by atoms with Gasteiger partial charge in [0.15, 0.2) is 0 Å². The molecule has 0 bridgehead atoms. The van der Waals surface area contributed by atoms with Gasteiger partial charge in [0.25, 0.3) is 0 Å². The van der Waals surface area contributed by atoms with Gasteiger partial charge in [-0.2, -0.15) is 0 Å². The predicted molar refractivity (Wildman–Crippen MR) is 90.7 cm³/mol. The number of hydrogen-bond donors (Lipinski definition) is 4. The third kappa shape index (κ3) is 2.66. The maximum Gasteiger partial charge on any atom is 0.108 e. The Morgan fingerprint density at radius 1 is 0.696 bits per heavy atom. The molecule has 116 valence electrons. The molecule has 4 rings (SSSR count). The molecule has 0 radical (unpaired) electrons. The van der Waals surface area contributed by atoms with E-state index in [2.05, 4.69) is 21.9 Å². The van der Waals surface area contributed by atoms with E-state index in [-0.39, 0.29) is 0 Å². The molecule has 4 N–H and O–H groups in total. The molecule has 0 atom stereocenters. The predicted octanol–water partition coefficient (Wildman–Crippen LogP) is 2.65. The minimum absolute atomic E-state index is 1.02. The van der Waals surface area contributed by atoms with Gasteiger partial charge in [-0.15, -0.1) is 11.1 Å². The largest absolute Gasteiger partial charge is 0.469 e. The molecular formula is C16H16N6O. The molecule has 0 spiro atoms.